The van der Waals surface area contributed by atoms with Gasteiger partial charge in [0.25, 0.3) is 0 Å². The van der Waals surface area contributed by atoms with Crippen LogP contribution in [0.4, 0.5) is 0 Å². The van der Waals surface area contributed by atoms with Crippen LogP contribution in [-0.2, 0) is 4.79 Å². The van der Waals surface area contributed by atoms with Crippen LogP contribution in [0.2, 0.25) is 0 Å². The topological polar surface area (TPSA) is 43.1 Å². The predicted molar refractivity (Wildman–Crippen MR) is 49.5 cm³/mol. The minimum absolute atomic E-state index is 0.0110. The molecule has 0 fully saturated rings. The van der Waals surface area contributed by atoms with Gasteiger partial charge in [0, 0.05) is 0 Å². The van der Waals surface area contributed by atoms with Gasteiger partial charge in [-0.2, -0.15) is 0 Å². The standard InChI is InChI=1S/C10H17NO/c11-10(12)9-7-5-3-1-2-4-6-8-9/h5,7,9H,1-4,6,8H2,(H2,11,12)/b7-5-. The number of hydrogen-bond donors (Lipinski definition) is 1. The summed E-state index contributed by atoms with van der Waals surface area (Å²) in [5.74, 6) is -0.184. The number of carbonyl (C=O) groups excluding carboxylic acids is 1. The first-order chi connectivity index (χ1) is 5.80. The third-order valence-electron chi connectivity index (χ3n) is 2.37. The zero-order valence-electron chi connectivity index (χ0n) is 7.46. The molecule has 1 aliphatic carbocycles. The molecule has 0 aromatic rings. The van der Waals surface area contributed by atoms with Crippen molar-refractivity contribution in [2.45, 2.75) is 38.5 Å². The first-order valence-corrected chi connectivity index (χ1v) is 4.76. The fourth-order valence-electron chi connectivity index (χ4n) is 1.57. The van der Waals surface area contributed by atoms with E-state index in [1.807, 2.05) is 6.08 Å². The minimum Gasteiger partial charge on any atom is -0.369 e. The van der Waals surface area contributed by atoms with Gasteiger partial charge in [-0.1, -0.05) is 31.4 Å². The molecule has 1 unspecified atom stereocenters. The summed E-state index contributed by atoms with van der Waals surface area (Å²) in [5, 5.41) is 0. The quantitative estimate of drug-likeness (QED) is 0.596. The molecule has 0 aromatic carbocycles. The van der Waals surface area contributed by atoms with Crippen molar-refractivity contribution in [2.24, 2.45) is 11.7 Å². The summed E-state index contributed by atoms with van der Waals surface area (Å²) in [6, 6.07) is 0. The van der Waals surface area contributed by atoms with Crippen LogP contribution >= 0.6 is 0 Å². The van der Waals surface area contributed by atoms with Crippen molar-refractivity contribution < 1.29 is 4.79 Å². The summed E-state index contributed by atoms with van der Waals surface area (Å²) in [4.78, 5) is 10.9. The molecule has 0 spiro atoms. The van der Waals surface area contributed by atoms with Crippen molar-refractivity contribution in [3.05, 3.63) is 12.2 Å². The summed E-state index contributed by atoms with van der Waals surface area (Å²) in [5.41, 5.74) is 5.25. The molecular formula is C10H17NO. The monoisotopic (exact) mass is 167 g/mol. The molecule has 1 amide bonds. The van der Waals surface area contributed by atoms with Crippen LogP contribution in [0.25, 0.3) is 0 Å². The molecule has 1 aliphatic rings. The van der Waals surface area contributed by atoms with Gasteiger partial charge in [0.05, 0.1) is 5.92 Å². The molecular weight excluding hydrogens is 150 g/mol. The zero-order chi connectivity index (χ0) is 8.81. The maximum Gasteiger partial charge on any atom is 0.224 e. The fourth-order valence-corrected chi connectivity index (χ4v) is 1.57. The van der Waals surface area contributed by atoms with Gasteiger partial charge in [-0.25, -0.2) is 0 Å². The number of nitrogens with two attached hydrogens (primary N) is 1. The lowest BCUT2D eigenvalue weighted by Crippen LogP contribution is -2.21. The van der Waals surface area contributed by atoms with Crippen molar-refractivity contribution in [1.29, 1.82) is 0 Å². The number of carbonyl (C=O) groups is 1. The highest BCUT2D eigenvalue weighted by Crippen LogP contribution is 2.16. The van der Waals surface area contributed by atoms with Gasteiger partial charge in [-0.15, -0.1) is 0 Å². The molecule has 0 radical (unpaired) electrons. The Hall–Kier alpha value is -0.790. The minimum atomic E-state index is -0.173. The van der Waals surface area contributed by atoms with Gasteiger partial charge in [0.1, 0.15) is 0 Å². The van der Waals surface area contributed by atoms with E-state index in [1.54, 1.807) is 0 Å². The number of amides is 1. The molecule has 0 aromatic heterocycles. The Balaban J connectivity index is 2.46. The largest absolute Gasteiger partial charge is 0.369 e. The third-order valence-corrected chi connectivity index (χ3v) is 2.37. The number of rotatable bonds is 1. The predicted octanol–water partition coefficient (Wildman–Crippen LogP) is 2.00. The van der Waals surface area contributed by atoms with E-state index in [1.165, 1.54) is 19.3 Å². The Morgan fingerprint density at radius 1 is 1.25 bits per heavy atom. The van der Waals surface area contributed by atoms with Crippen LogP contribution in [0.15, 0.2) is 12.2 Å². The summed E-state index contributed by atoms with van der Waals surface area (Å²) < 4.78 is 0. The molecule has 2 nitrogen and oxygen atoms in total. The van der Waals surface area contributed by atoms with Gasteiger partial charge in [-0.05, 0) is 19.3 Å². The Morgan fingerprint density at radius 3 is 2.75 bits per heavy atom. The van der Waals surface area contributed by atoms with Gasteiger partial charge < -0.3 is 5.73 Å². The average molecular weight is 167 g/mol. The van der Waals surface area contributed by atoms with E-state index in [-0.39, 0.29) is 11.8 Å². The second kappa shape index (κ2) is 4.96. The molecule has 0 bridgehead atoms. The molecule has 12 heavy (non-hydrogen) atoms. The SMILES string of the molecule is NC(=O)C1/C=C\CCCCCC1. The van der Waals surface area contributed by atoms with Crippen LogP contribution in [0.3, 0.4) is 0 Å². The van der Waals surface area contributed by atoms with Crippen molar-refractivity contribution in [3.8, 4) is 0 Å². The molecule has 0 saturated carbocycles. The van der Waals surface area contributed by atoms with Crippen LogP contribution in [0.1, 0.15) is 38.5 Å². The van der Waals surface area contributed by atoms with Crippen LogP contribution in [-0.4, -0.2) is 5.91 Å². The van der Waals surface area contributed by atoms with Gasteiger partial charge >= 0.3 is 0 Å². The van der Waals surface area contributed by atoms with E-state index < -0.39 is 0 Å². The Kier molecular flexibility index (Phi) is 3.85. The van der Waals surface area contributed by atoms with E-state index >= 15 is 0 Å². The molecule has 1 atom stereocenters. The Morgan fingerprint density at radius 2 is 2.00 bits per heavy atom. The summed E-state index contributed by atoms with van der Waals surface area (Å²) >= 11 is 0. The van der Waals surface area contributed by atoms with Gasteiger partial charge in [0.2, 0.25) is 5.91 Å². The second-order valence-electron chi connectivity index (χ2n) is 3.43. The number of primary amides is 1. The molecule has 0 heterocycles. The van der Waals surface area contributed by atoms with Crippen LogP contribution < -0.4 is 5.73 Å². The van der Waals surface area contributed by atoms with E-state index in [0.29, 0.717) is 0 Å². The van der Waals surface area contributed by atoms with Crippen molar-refractivity contribution in [2.75, 3.05) is 0 Å². The Bertz CT molecular complexity index is 175. The summed E-state index contributed by atoms with van der Waals surface area (Å²) in [7, 11) is 0. The molecule has 2 heteroatoms. The smallest absolute Gasteiger partial charge is 0.224 e. The number of hydrogen-bond acceptors (Lipinski definition) is 1. The van der Waals surface area contributed by atoms with Crippen molar-refractivity contribution in [1.82, 2.24) is 0 Å². The fraction of sp³-hybridized carbons (Fsp3) is 0.700. The highest BCUT2D eigenvalue weighted by molar-refractivity contribution is 5.78. The molecule has 1 rings (SSSR count). The van der Waals surface area contributed by atoms with Crippen LogP contribution in [0.5, 0.6) is 0 Å². The van der Waals surface area contributed by atoms with Gasteiger partial charge in [-0.3, -0.25) is 4.79 Å². The van der Waals surface area contributed by atoms with Crippen molar-refractivity contribution in [3.63, 3.8) is 0 Å². The summed E-state index contributed by atoms with van der Waals surface area (Å²) in [6.45, 7) is 0. The maximum absolute atomic E-state index is 10.9. The number of allylic oxidation sites excluding steroid dienone is 1. The molecule has 0 saturated heterocycles. The van der Waals surface area contributed by atoms with E-state index in [2.05, 4.69) is 6.08 Å². The van der Waals surface area contributed by atoms with E-state index in [4.69, 9.17) is 5.73 Å². The highest BCUT2D eigenvalue weighted by atomic mass is 16.1. The lowest BCUT2D eigenvalue weighted by Gasteiger charge is -2.06. The highest BCUT2D eigenvalue weighted by Gasteiger charge is 2.11. The van der Waals surface area contributed by atoms with E-state index in [0.717, 1.165) is 19.3 Å². The lowest BCUT2D eigenvalue weighted by molar-refractivity contribution is -0.120. The second-order valence-corrected chi connectivity index (χ2v) is 3.43. The Labute approximate surface area is 73.8 Å². The van der Waals surface area contributed by atoms with Crippen LogP contribution in [0, 0.1) is 5.92 Å². The molecule has 0 aliphatic heterocycles. The lowest BCUT2D eigenvalue weighted by atomic mass is 10.0. The third kappa shape index (κ3) is 3.07. The average Bonchev–Trinajstić information content (AvgIpc) is 2.15. The maximum atomic E-state index is 10.9. The summed E-state index contributed by atoms with van der Waals surface area (Å²) in [6.07, 6.45) is 11.0. The van der Waals surface area contributed by atoms with Crippen molar-refractivity contribution >= 4 is 5.91 Å². The first kappa shape index (κ1) is 9.30. The molecule has 2 N–H and O–H groups in total. The normalized spacial score (nSPS) is 28.2. The first-order valence-electron chi connectivity index (χ1n) is 4.76. The molecule has 68 valence electrons. The van der Waals surface area contributed by atoms with Gasteiger partial charge in [0.15, 0.2) is 0 Å². The zero-order valence-corrected chi connectivity index (χ0v) is 7.46. The van der Waals surface area contributed by atoms with E-state index in [9.17, 15) is 4.79 Å².